The van der Waals surface area contributed by atoms with Crippen molar-refractivity contribution in [2.24, 2.45) is 5.92 Å². The van der Waals surface area contributed by atoms with E-state index < -0.39 is 5.54 Å². The molecule has 1 aliphatic heterocycles. The van der Waals surface area contributed by atoms with Crippen LogP contribution in [-0.2, 0) is 4.79 Å². The standard InChI is InChI=1S/C9H14N2O2/c1-2-6-4-3-5-9(6)7(12)10-8(13)11-9/h6H,2-5H2,1H3,(H2,10,11,12,13)/t6-,9+/m0/s1. The molecule has 0 aromatic rings. The van der Waals surface area contributed by atoms with Crippen molar-refractivity contribution in [3.05, 3.63) is 0 Å². The molecule has 1 aliphatic carbocycles. The zero-order valence-electron chi connectivity index (χ0n) is 7.72. The highest BCUT2D eigenvalue weighted by Crippen LogP contribution is 2.39. The highest BCUT2D eigenvalue weighted by Gasteiger charge is 2.53. The molecule has 2 aliphatic rings. The van der Waals surface area contributed by atoms with Crippen molar-refractivity contribution in [2.75, 3.05) is 0 Å². The lowest BCUT2D eigenvalue weighted by Crippen LogP contribution is -2.49. The Hall–Kier alpha value is -1.06. The molecule has 0 aromatic carbocycles. The summed E-state index contributed by atoms with van der Waals surface area (Å²) in [4.78, 5) is 22.6. The number of rotatable bonds is 1. The normalized spacial score (nSPS) is 38.1. The van der Waals surface area contributed by atoms with E-state index >= 15 is 0 Å². The summed E-state index contributed by atoms with van der Waals surface area (Å²) in [5, 5.41) is 5.11. The molecule has 0 unspecified atom stereocenters. The number of carbonyl (C=O) groups excluding carboxylic acids is 2. The number of nitrogens with one attached hydrogen (secondary N) is 2. The highest BCUT2D eigenvalue weighted by atomic mass is 16.2. The van der Waals surface area contributed by atoms with Gasteiger partial charge in [-0.3, -0.25) is 10.1 Å². The average molecular weight is 182 g/mol. The van der Waals surface area contributed by atoms with Crippen LogP contribution >= 0.6 is 0 Å². The smallest absolute Gasteiger partial charge is 0.322 e. The summed E-state index contributed by atoms with van der Waals surface area (Å²) < 4.78 is 0. The molecule has 2 atom stereocenters. The molecule has 0 bridgehead atoms. The summed E-state index contributed by atoms with van der Waals surface area (Å²) in [6.45, 7) is 2.06. The Labute approximate surface area is 77.1 Å². The molecular formula is C9H14N2O2. The molecule has 0 aromatic heterocycles. The maximum Gasteiger partial charge on any atom is 0.322 e. The predicted molar refractivity (Wildman–Crippen MR) is 47.0 cm³/mol. The molecule has 72 valence electrons. The van der Waals surface area contributed by atoms with Gasteiger partial charge in [-0.2, -0.15) is 0 Å². The number of imide groups is 1. The Morgan fingerprint density at radius 3 is 2.85 bits per heavy atom. The van der Waals surface area contributed by atoms with Crippen molar-refractivity contribution in [3.8, 4) is 0 Å². The Balaban J connectivity index is 2.28. The first-order valence-corrected chi connectivity index (χ1v) is 4.82. The van der Waals surface area contributed by atoms with Gasteiger partial charge in [0.05, 0.1) is 0 Å². The Morgan fingerprint density at radius 1 is 1.54 bits per heavy atom. The maximum atomic E-state index is 11.6. The van der Waals surface area contributed by atoms with E-state index in [-0.39, 0.29) is 11.9 Å². The van der Waals surface area contributed by atoms with Crippen LogP contribution in [0.15, 0.2) is 0 Å². The minimum absolute atomic E-state index is 0.123. The van der Waals surface area contributed by atoms with Crippen molar-refractivity contribution in [2.45, 2.75) is 38.1 Å². The van der Waals surface area contributed by atoms with Gasteiger partial charge < -0.3 is 5.32 Å². The fourth-order valence-corrected chi connectivity index (χ4v) is 2.60. The number of carbonyl (C=O) groups is 2. The topological polar surface area (TPSA) is 58.2 Å². The maximum absolute atomic E-state index is 11.6. The lowest BCUT2D eigenvalue weighted by Gasteiger charge is -2.26. The van der Waals surface area contributed by atoms with E-state index in [1.807, 2.05) is 0 Å². The van der Waals surface area contributed by atoms with E-state index in [1.165, 1.54) is 0 Å². The van der Waals surface area contributed by atoms with E-state index in [9.17, 15) is 9.59 Å². The van der Waals surface area contributed by atoms with Crippen LogP contribution in [-0.4, -0.2) is 17.5 Å². The van der Waals surface area contributed by atoms with Crippen LogP contribution in [0, 0.1) is 5.92 Å². The molecule has 2 rings (SSSR count). The third-order valence-electron chi connectivity index (χ3n) is 3.28. The zero-order chi connectivity index (χ0) is 9.47. The summed E-state index contributed by atoms with van der Waals surface area (Å²) >= 11 is 0. The predicted octanol–water partition coefficient (Wildman–Crippen LogP) is 0.775. The van der Waals surface area contributed by atoms with Crippen molar-refractivity contribution in [1.29, 1.82) is 0 Å². The van der Waals surface area contributed by atoms with E-state index in [1.54, 1.807) is 0 Å². The van der Waals surface area contributed by atoms with Crippen LogP contribution in [0.2, 0.25) is 0 Å². The number of amides is 3. The second-order valence-electron chi connectivity index (χ2n) is 3.88. The first-order valence-electron chi connectivity index (χ1n) is 4.82. The number of urea groups is 1. The zero-order valence-corrected chi connectivity index (χ0v) is 7.72. The van der Waals surface area contributed by atoms with Crippen LogP contribution in [0.1, 0.15) is 32.6 Å². The summed E-state index contributed by atoms with van der Waals surface area (Å²) in [7, 11) is 0. The fraction of sp³-hybridized carbons (Fsp3) is 0.778. The van der Waals surface area contributed by atoms with Crippen LogP contribution in [0.25, 0.3) is 0 Å². The van der Waals surface area contributed by atoms with Crippen LogP contribution in [0.5, 0.6) is 0 Å². The van der Waals surface area contributed by atoms with Gasteiger partial charge in [-0.1, -0.05) is 19.8 Å². The third-order valence-corrected chi connectivity index (χ3v) is 3.28. The molecule has 1 heterocycles. The van der Waals surface area contributed by atoms with Gasteiger partial charge >= 0.3 is 6.03 Å². The average Bonchev–Trinajstić information content (AvgIpc) is 2.59. The summed E-state index contributed by atoms with van der Waals surface area (Å²) in [6, 6.07) is -0.328. The van der Waals surface area contributed by atoms with E-state index in [0.717, 1.165) is 25.7 Å². The van der Waals surface area contributed by atoms with Crippen molar-refractivity contribution < 1.29 is 9.59 Å². The van der Waals surface area contributed by atoms with Gasteiger partial charge in [0.15, 0.2) is 0 Å². The van der Waals surface area contributed by atoms with Gasteiger partial charge in [-0.05, 0) is 18.8 Å². The molecule has 4 nitrogen and oxygen atoms in total. The van der Waals surface area contributed by atoms with Gasteiger partial charge in [0.25, 0.3) is 5.91 Å². The first kappa shape index (κ1) is 8.53. The molecule has 1 saturated heterocycles. The minimum atomic E-state index is -0.564. The van der Waals surface area contributed by atoms with Gasteiger partial charge in [0, 0.05) is 0 Å². The number of hydrogen-bond donors (Lipinski definition) is 2. The first-order chi connectivity index (χ1) is 6.19. The summed E-state index contributed by atoms with van der Waals surface area (Å²) in [6.07, 6.45) is 3.83. The molecule has 1 saturated carbocycles. The monoisotopic (exact) mass is 182 g/mol. The molecule has 13 heavy (non-hydrogen) atoms. The van der Waals surface area contributed by atoms with E-state index in [2.05, 4.69) is 17.6 Å². The molecule has 2 N–H and O–H groups in total. The summed E-state index contributed by atoms with van der Waals surface area (Å²) in [5.41, 5.74) is -0.564. The molecule has 1 spiro atoms. The van der Waals surface area contributed by atoms with Crippen molar-refractivity contribution in [3.63, 3.8) is 0 Å². The molecule has 4 heteroatoms. The third kappa shape index (κ3) is 1.04. The second kappa shape index (κ2) is 2.72. The van der Waals surface area contributed by atoms with Gasteiger partial charge in [0.2, 0.25) is 0 Å². The molecular weight excluding hydrogens is 168 g/mol. The lowest BCUT2D eigenvalue weighted by molar-refractivity contribution is -0.125. The van der Waals surface area contributed by atoms with Gasteiger partial charge in [0.1, 0.15) is 5.54 Å². The Kier molecular flexibility index (Phi) is 1.78. The summed E-state index contributed by atoms with van der Waals surface area (Å²) in [5.74, 6) is 0.195. The van der Waals surface area contributed by atoms with Gasteiger partial charge in [-0.25, -0.2) is 4.79 Å². The molecule has 3 amide bonds. The molecule has 2 fully saturated rings. The Morgan fingerprint density at radius 2 is 2.31 bits per heavy atom. The van der Waals surface area contributed by atoms with E-state index in [0.29, 0.717) is 5.92 Å². The number of hydrogen-bond acceptors (Lipinski definition) is 2. The molecule has 0 radical (unpaired) electrons. The van der Waals surface area contributed by atoms with Gasteiger partial charge in [-0.15, -0.1) is 0 Å². The minimum Gasteiger partial charge on any atom is -0.323 e. The quantitative estimate of drug-likeness (QED) is 0.588. The SMILES string of the molecule is CC[C@H]1CCC[C@@]12NC(=O)NC2=O. The second-order valence-corrected chi connectivity index (χ2v) is 3.88. The lowest BCUT2D eigenvalue weighted by atomic mass is 9.85. The Bertz CT molecular complexity index is 264. The van der Waals surface area contributed by atoms with Crippen LogP contribution in [0.3, 0.4) is 0 Å². The fourth-order valence-electron chi connectivity index (χ4n) is 2.60. The van der Waals surface area contributed by atoms with Crippen LogP contribution in [0.4, 0.5) is 4.79 Å². The van der Waals surface area contributed by atoms with E-state index in [4.69, 9.17) is 0 Å². The van der Waals surface area contributed by atoms with Crippen molar-refractivity contribution in [1.82, 2.24) is 10.6 Å². The van der Waals surface area contributed by atoms with Crippen molar-refractivity contribution >= 4 is 11.9 Å². The highest BCUT2D eigenvalue weighted by molar-refractivity contribution is 6.07. The largest absolute Gasteiger partial charge is 0.323 e. The van der Waals surface area contributed by atoms with Crippen LogP contribution < -0.4 is 10.6 Å².